The number of ether oxygens (including phenoxy) is 1. The summed E-state index contributed by atoms with van der Waals surface area (Å²) in [5, 5.41) is 4.56. The van der Waals surface area contributed by atoms with Crippen molar-refractivity contribution in [3.05, 3.63) is 24.5 Å². The molecule has 0 aliphatic carbocycles. The number of anilines is 1. The van der Waals surface area contributed by atoms with E-state index in [2.05, 4.69) is 21.4 Å². The Morgan fingerprint density at radius 2 is 2.53 bits per heavy atom. The molecule has 1 unspecified atom stereocenters. The van der Waals surface area contributed by atoms with Crippen molar-refractivity contribution in [2.24, 2.45) is 0 Å². The topological polar surface area (TPSA) is 49.9 Å². The zero-order valence-corrected chi connectivity index (χ0v) is 8.36. The van der Waals surface area contributed by atoms with E-state index in [0.717, 1.165) is 36.4 Å². The van der Waals surface area contributed by atoms with Crippen LogP contribution in [0.1, 0.15) is 6.42 Å². The molecular weight excluding hydrogens is 190 g/mol. The van der Waals surface area contributed by atoms with Crippen LogP contribution in [0, 0.1) is 0 Å². The highest BCUT2D eigenvalue weighted by Crippen LogP contribution is 2.17. The second-order valence-electron chi connectivity index (χ2n) is 3.84. The molecule has 2 aromatic rings. The van der Waals surface area contributed by atoms with E-state index >= 15 is 0 Å². The molecule has 4 heteroatoms. The van der Waals surface area contributed by atoms with E-state index in [-0.39, 0.29) is 0 Å². The Balaban J connectivity index is 1.84. The lowest BCUT2D eigenvalue weighted by molar-refractivity contribution is 0.195. The van der Waals surface area contributed by atoms with Gasteiger partial charge < -0.3 is 15.0 Å². The van der Waals surface area contributed by atoms with Crippen molar-refractivity contribution < 1.29 is 4.74 Å². The molecule has 2 N–H and O–H groups in total. The molecule has 1 aliphatic rings. The molecule has 3 heterocycles. The maximum absolute atomic E-state index is 5.31. The van der Waals surface area contributed by atoms with Gasteiger partial charge in [-0.15, -0.1) is 0 Å². The van der Waals surface area contributed by atoms with Crippen LogP contribution in [0.25, 0.3) is 11.0 Å². The molecule has 78 valence electrons. The number of H-pyrrole nitrogens is 1. The third kappa shape index (κ3) is 1.68. The van der Waals surface area contributed by atoms with Crippen LogP contribution in [-0.2, 0) is 4.74 Å². The van der Waals surface area contributed by atoms with Crippen LogP contribution in [0.5, 0.6) is 0 Å². The van der Waals surface area contributed by atoms with Crippen LogP contribution in [0.3, 0.4) is 0 Å². The number of fused-ring (bicyclic) bond motifs is 1. The number of hydrogen-bond acceptors (Lipinski definition) is 3. The minimum atomic E-state index is 0.434. The smallest absolute Gasteiger partial charge is 0.137 e. The largest absolute Gasteiger partial charge is 0.379 e. The molecule has 1 atom stereocenters. The minimum absolute atomic E-state index is 0.434. The van der Waals surface area contributed by atoms with Crippen LogP contribution >= 0.6 is 0 Å². The van der Waals surface area contributed by atoms with Crippen molar-refractivity contribution in [1.29, 1.82) is 0 Å². The van der Waals surface area contributed by atoms with Crippen LogP contribution in [0.4, 0.5) is 5.69 Å². The SMILES string of the molecule is c1cc2cc(NC3CCOC3)cnc2[nH]1. The van der Waals surface area contributed by atoms with Crippen molar-refractivity contribution in [1.82, 2.24) is 9.97 Å². The van der Waals surface area contributed by atoms with Gasteiger partial charge in [-0.1, -0.05) is 0 Å². The molecule has 0 amide bonds. The first-order chi connectivity index (χ1) is 7.42. The summed E-state index contributed by atoms with van der Waals surface area (Å²) >= 11 is 0. The average Bonchev–Trinajstić information content (AvgIpc) is 2.87. The van der Waals surface area contributed by atoms with Gasteiger partial charge in [0.2, 0.25) is 0 Å². The summed E-state index contributed by atoms with van der Waals surface area (Å²) in [6.45, 7) is 1.66. The van der Waals surface area contributed by atoms with Crippen molar-refractivity contribution in [2.75, 3.05) is 18.5 Å². The van der Waals surface area contributed by atoms with Gasteiger partial charge in [-0.3, -0.25) is 0 Å². The average molecular weight is 203 g/mol. The number of nitrogens with one attached hydrogen (secondary N) is 2. The monoisotopic (exact) mass is 203 g/mol. The summed E-state index contributed by atoms with van der Waals surface area (Å²) in [5.74, 6) is 0. The van der Waals surface area contributed by atoms with Gasteiger partial charge in [0, 0.05) is 18.2 Å². The van der Waals surface area contributed by atoms with E-state index in [1.807, 2.05) is 18.5 Å². The Hall–Kier alpha value is -1.55. The van der Waals surface area contributed by atoms with Crippen LogP contribution < -0.4 is 5.32 Å². The van der Waals surface area contributed by atoms with E-state index in [4.69, 9.17) is 4.74 Å². The third-order valence-electron chi connectivity index (χ3n) is 2.70. The Labute approximate surface area is 87.7 Å². The number of aromatic amines is 1. The number of hydrogen-bond donors (Lipinski definition) is 2. The van der Waals surface area contributed by atoms with E-state index < -0.39 is 0 Å². The number of aromatic nitrogens is 2. The molecule has 0 saturated carbocycles. The van der Waals surface area contributed by atoms with Gasteiger partial charge >= 0.3 is 0 Å². The van der Waals surface area contributed by atoms with Gasteiger partial charge in [0.15, 0.2) is 0 Å². The molecule has 4 nitrogen and oxygen atoms in total. The van der Waals surface area contributed by atoms with Gasteiger partial charge in [0.1, 0.15) is 5.65 Å². The van der Waals surface area contributed by atoms with E-state index in [0.29, 0.717) is 6.04 Å². The third-order valence-corrected chi connectivity index (χ3v) is 2.70. The highest BCUT2D eigenvalue weighted by Gasteiger charge is 2.15. The number of pyridine rings is 1. The summed E-state index contributed by atoms with van der Waals surface area (Å²) in [6, 6.07) is 4.57. The maximum Gasteiger partial charge on any atom is 0.137 e. The van der Waals surface area contributed by atoms with Crippen LogP contribution in [0.2, 0.25) is 0 Å². The molecule has 2 aromatic heterocycles. The first-order valence-corrected chi connectivity index (χ1v) is 5.19. The van der Waals surface area contributed by atoms with E-state index in [1.54, 1.807) is 0 Å². The predicted molar refractivity (Wildman–Crippen MR) is 58.9 cm³/mol. The van der Waals surface area contributed by atoms with E-state index in [1.165, 1.54) is 0 Å². The Kier molecular flexibility index (Phi) is 2.07. The zero-order valence-electron chi connectivity index (χ0n) is 8.36. The quantitative estimate of drug-likeness (QED) is 0.782. The molecule has 1 fully saturated rings. The molecule has 0 spiro atoms. The number of rotatable bonds is 2. The molecule has 3 rings (SSSR count). The first kappa shape index (κ1) is 8.73. The number of nitrogens with zero attached hydrogens (tertiary/aromatic N) is 1. The van der Waals surface area contributed by atoms with Crippen molar-refractivity contribution in [2.45, 2.75) is 12.5 Å². The fourth-order valence-corrected chi connectivity index (χ4v) is 1.90. The van der Waals surface area contributed by atoms with Gasteiger partial charge in [0.05, 0.1) is 24.5 Å². The fourth-order valence-electron chi connectivity index (χ4n) is 1.90. The van der Waals surface area contributed by atoms with Crippen molar-refractivity contribution in [3.63, 3.8) is 0 Å². The molecule has 0 aromatic carbocycles. The summed E-state index contributed by atoms with van der Waals surface area (Å²) in [5.41, 5.74) is 2.00. The lowest BCUT2D eigenvalue weighted by Gasteiger charge is -2.11. The summed E-state index contributed by atoms with van der Waals surface area (Å²) < 4.78 is 5.31. The van der Waals surface area contributed by atoms with Gasteiger partial charge in [0.25, 0.3) is 0 Å². The lowest BCUT2D eigenvalue weighted by atomic mass is 10.2. The molecule has 0 radical (unpaired) electrons. The highest BCUT2D eigenvalue weighted by atomic mass is 16.5. The van der Waals surface area contributed by atoms with Gasteiger partial charge in [-0.05, 0) is 18.6 Å². The molecule has 1 saturated heterocycles. The zero-order chi connectivity index (χ0) is 10.1. The molecule has 0 bridgehead atoms. The molecular formula is C11H13N3O. The Morgan fingerprint density at radius 3 is 3.40 bits per heavy atom. The summed E-state index contributed by atoms with van der Waals surface area (Å²) in [6.07, 6.45) is 4.84. The summed E-state index contributed by atoms with van der Waals surface area (Å²) in [7, 11) is 0. The Bertz CT molecular complexity index is 460. The Morgan fingerprint density at radius 1 is 1.53 bits per heavy atom. The standard InChI is InChI=1S/C11H13N3O/c1-3-12-11-8(1)5-10(6-13-11)14-9-2-4-15-7-9/h1,3,5-6,9,14H,2,4,7H2,(H,12,13). The second kappa shape index (κ2) is 3.55. The predicted octanol–water partition coefficient (Wildman–Crippen LogP) is 1.76. The normalized spacial score (nSPS) is 20.9. The lowest BCUT2D eigenvalue weighted by Crippen LogP contribution is -2.18. The molecule has 1 aliphatic heterocycles. The maximum atomic E-state index is 5.31. The van der Waals surface area contributed by atoms with Gasteiger partial charge in [-0.2, -0.15) is 0 Å². The second-order valence-corrected chi connectivity index (χ2v) is 3.84. The highest BCUT2D eigenvalue weighted by molar-refractivity contribution is 5.78. The van der Waals surface area contributed by atoms with Gasteiger partial charge in [-0.25, -0.2) is 4.98 Å². The van der Waals surface area contributed by atoms with Crippen LogP contribution in [-0.4, -0.2) is 29.2 Å². The minimum Gasteiger partial charge on any atom is -0.379 e. The fraction of sp³-hybridized carbons (Fsp3) is 0.364. The first-order valence-electron chi connectivity index (χ1n) is 5.19. The molecule has 15 heavy (non-hydrogen) atoms. The van der Waals surface area contributed by atoms with Crippen molar-refractivity contribution in [3.8, 4) is 0 Å². The van der Waals surface area contributed by atoms with Crippen molar-refractivity contribution >= 4 is 16.7 Å². The van der Waals surface area contributed by atoms with E-state index in [9.17, 15) is 0 Å². The summed E-state index contributed by atoms with van der Waals surface area (Å²) in [4.78, 5) is 7.40. The van der Waals surface area contributed by atoms with Crippen LogP contribution in [0.15, 0.2) is 24.5 Å².